The van der Waals surface area contributed by atoms with Crippen molar-refractivity contribution >= 4 is 21.6 Å². The Morgan fingerprint density at radius 3 is 2.42 bits per heavy atom. The van der Waals surface area contributed by atoms with Gasteiger partial charge in [0.15, 0.2) is 4.75 Å². The SMILES string of the molecule is CN1CCC[C@@](C)(C(=O)Nc2ccc(OC(F)(F)F)cc2)S1(=O)=O. The van der Waals surface area contributed by atoms with Gasteiger partial charge in [-0.3, -0.25) is 4.79 Å². The summed E-state index contributed by atoms with van der Waals surface area (Å²) in [6, 6.07) is 4.49. The Balaban J connectivity index is 2.14. The molecule has 1 aromatic carbocycles. The lowest BCUT2D eigenvalue weighted by molar-refractivity contribution is -0.274. The van der Waals surface area contributed by atoms with E-state index in [4.69, 9.17) is 0 Å². The van der Waals surface area contributed by atoms with Gasteiger partial charge in [0.05, 0.1) is 0 Å². The third-order valence-electron chi connectivity index (χ3n) is 3.93. The molecule has 1 amide bonds. The predicted octanol–water partition coefficient (Wildman–Crippen LogP) is 2.34. The Morgan fingerprint density at radius 2 is 1.88 bits per heavy atom. The molecular weight excluding hydrogens is 349 g/mol. The summed E-state index contributed by atoms with van der Waals surface area (Å²) < 4.78 is 64.3. The smallest absolute Gasteiger partial charge is 0.406 e. The van der Waals surface area contributed by atoms with Gasteiger partial charge in [-0.1, -0.05) is 0 Å². The van der Waals surface area contributed by atoms with E-state index in [1.807, 2.05) is 0 Å². The highest BCUT2D eigenvalue weighted by molar-refractivity contribution is 7.91. The number of rotatable bonds is 3. The van der Waals surface area contributed by atoms with Crippen molar-refractivity contribution in [3.63, 3.8) is 0 Å². The first-order valence-corrected chi connectivity index (χ1v) is 8.53. The molecule has 1 atom stereocenters. The maximum Gasteiger partial charge on any atom is 0.573 e. The second kappa shape index (κ2) is 6.25. The number of nitrogens with zero attached hydrogens (tertiary/aromatic N) is 1. The quantitative estimate of drug-likeness (QED) is 0.891. The molecule has 2 rings (SSSR count). The number of sulfonamides is 1. The average molecular weight is 366 g/mol. The van der Waals surface area contributed by atoms with E-state index < -0.39 is 32.8 Å². The summed E-state index contributed by atoms with van der Waals surface area (Å²) in [7, 11) is -2.40. The standard InChI is InChI=1S/C14H17F3N2O4S/c1-13(8-3-9-19(2)24(13,21)22)12(20)18-10-4-6-11(7-5-10)23-14(15,16)17/h4-7H,3,8-9H2,1-2H3,(H,18,20)/t13-/m0/s1. The number of carbonyl (C=O) groups is 1. The lowest BCUT2D eigenvalue weighted by atomic mass is 10.0. The molecule has 10 heteroatoms. The molecule has 0 radical (unpaired) electrons. The van der Waals surface area contributed by atoms with E-state index >= 15 is 0 Å². The monoisotopic (exact) mass is 366 g/mol. The van der Waals surface area contributed by atoms with Crippen LogP contribution >= 0.6 is 0 Å². The van der Waals surface area contributed by atoms with Gasteiger partial charge in [-0.2, -0.15) is 0 Å². The minimum Gasteiger partial charge on any atom is -0.406 e. The second-order valence-corrected chi connectivity index (χ2v) is 8.16. The highest BCUT2D eigenvalue weighted by Crippen LogP contribution is 2.32. The lowest BCUT2D eigenvalue weighted by Gasteiger charge is -2.36. The molecule has 1 aromatic rings. The summed E-state index contributed by atoms with van der Waals surface area (Å²) in [6.45, 7) is 1.68. The number of anilines is 1. The maximum absolute atomic E-state index is 12.4. The van der Waals surface area contributed by atoms with E-state index in [1.54, 1.807) is 0 Å². The van der Waals surface area contributed by atoms with Gasteiger partial charge >= 0.3 is 6.36 Å². The fourth-order valence-electron chi connectivity index (χ4n) is 2.47. The molecule has 24 heavy (non-hydrogen) atoms. The number of halogens is 3. The van der Waals surface area contributed by atoms with Gasteiger partial charge in [0.1, 0.15) is 5.75 Å². The summed E-state index contributed by atoms with van der Waals surface area (Å²) >= 11 is 0. The molecule has 0 saturated carbocycles. The highest BCUT2D eigenvalue weighted by Gasteiger charge is 2.50. The third-order valence-corrected chi connectivity index (χ3v) is 6.46. The number of hydrogen-bond donors (Lipinski definition) is 1. The molecular formula is C14H17F3N2O4S. The van der Waals surface area contributed by atoms with Crippen molar-refractivity contribution in [1.82, 2.24) is 4.31 Å². The number of ether oxygens (including phenoxy) is 1. The molecule has 1 fully saturated rings. The van der Waals surface area contributed by atoms with Crippen molar-refractivity contribution in [2.75, 3.05) is 18.9 Å². The summed E-state index contributed by atoms with van der Waals surface area (Å²) in [5.41, 5.74) is 0.180. The zero-order chi connectivity index (χ0) is 18.2. The van der Waals surface area contributed by atoms with Crippen molar-refractivity contribution in [1.29, 1.82) is 0 Å². The van der Waals surface area contributed by atoms with Crippen LogP contribution in [0.2, 0.25) is 0 Å². The number of carbonyl (C=O) groups excluding carboxylic acids is 1. The van der Waals surface area contributed by atoms with E-state index in [-0.39, 0.29) is 12.1 Å². The average Bonchev–Trinajstić information content (AvgIpc) is 2.45. The lowest BCUT2D eigenvalue weighted by Crippen LogP contribution is -2.56. The first kappa shape index (κ1) is 18.5. The van der Waals surface area contributed by atoms with Crippen LogP contribution in [-0.4, -0.2) is 43.3 Å². The maximum atomic E-state index is 12.4. The first-order chi connectivity index (χ1) is 11.0. The number of amides is 1. The van der Waals surface area contributed by atoms with Crippen LogP contribution in [0.4, 0.5) is 18.9 Å². The Kier molecular flexibility index (Phi) is 4.82. The van der Waals surface area contributed by atoms with E-state index in [1.165, 1.54) is 26.1 Å². The molecule has 0 bridgehead atoms. The molecule has 1 N–H and O–H groups in total. The van der Waals surface area contributed by atoms with Crippen LogP contribution in [0.25, 0.3) is 0 Å². The summed E-state index contributed by atoms with van der Waals surface area (Å²) in [5, 5.41) is 2.44. The normalized spacial score (nSPS) is 24.4. The summed E-state index contributed by atoms with van der Waals surface area (Å²) in [5.74, 6) is -1.16. The van der Waals surface area contributed by atoms with Crippen molar-refractivity contribution in [2.24, 2.45) is 0 Å². The molecule has 134 valence electrons. The third kappa shape index (κ3) is 3.64. The van der Waals surface area contributed by atoms with Crippen LogP contribution in [0.3, 0.4) is 0 Å². The van der Waals surface area contributed by atoms with Crippen molar-refractivity contribution in [3.8, 4) is 5.75 Å². The van der Waals surface area contributed by atoms with Crippen molar-refractivity contribution in [2.45, 2.75) is 30.9 Å². The zero-order valence-corrected chi connectivity index (χ0v) is 13.9. The number of nitrogens with one attached hydrogen (secondary N) is 1. The molecule has 6 nitrogen and oxygen atoms in total. The molecule has 0 unspecified atom stereocenters. The van der Waals surface area contributed by atoms with Crippen LogP contribution in [0.1, 0.15) is 19.8 Å². The Hall–Kier alpha value is -1.81. The molecule has 1 aliphatic heterocycles. The Bertz CT molecular complexity index is 719. The van der Waals surface area contributed by atoms with Crippen LogP contribution in [0, 0.1) is 0 Å². The van der Waals surface area contributed by atoms with E-state index in [0.29, 0.717) is 13.0 Å². The van der Waals surface area contributed by atoms with Gasteiger partial charge in [-0.15, -0.1) is 13.2 Å². The van der Waals surface area contributed by atoms with Gasteiger partial charge < -0.3 is 10.1 Å². The number of benzene rings is 1. The molecule has 0 spiro atoms. The predicted molar refractivity (Wildman–Crippen MR) is 80.9 cm³/mol. The molecule has 1 heterocycles. The van der Waals surface area contributed by atoms with Crippen LogP contribution in [0.5, 0.6) is 5.75 Å². The minimum absolute atomic E-state index is 0.167. The van der Waals surface area contributed by atoms with Gasteiger partial charge in [0.25, 0.3) is 0 Å². The van der Waals surface area contributed by atoms with Crippen LogP contribution < -0.4 is 10.1 Å². The first-order valence-electron chi connectivity index (χ1n) is 7.09. The van der Waals surface area contributed by atoms with Crippen LogP contribution in [0.15, 0.2) is 24.3 Å². The van der Waals surface area contributed by atoms with E-state index in [0.717, 1.165) is 16.4 Å². The zero-order valence-electron chi connectivity index (χ0n) is 13.1. The molecule has 1 saturated heterocycles. The van der Waals surface area contributed by atoms with E-state index in [9.17, 15) is 26.4 Å². The molecule has 0 aromatic heterocycles. The Morgan fingerprint density at radius 1 is 1.29 bits per heavy atom. The number of hydrogen-bond acceptors (Lipinski definition) is 4. The summed E-state index contributed by atoms with van der Waals surface area (Å²) in [6.07, 6.45) is -4.10. The van der Waals surface area contributed by atoms with Gasteiger partial charge in [-0.25, -0.2) is 12.7 Å². The molecule has 1 aliphatic rings. The second-order valence-electron chi connectivity index (χ2n) is 5.69. The van der Waals surface area contributed by atoms with Gasteiger partial charge in [-0.05, 0) is 44.0 Å². The minimum atomic E-state index is -4.81. The Labute approximate surface area is 137 Å². The fourth-order valence-corrected chi connectivity index (χ4v) is 4.21. The van der Waals surface area contributed by atoms with E-state index in [2.05, 4.69) is 10.1 Å². The van der Waals surface area contributed by atoms with Crippen LogP contribution in [-0.2, 0) is 14.8 Å². The van der Waals surface area contributed by atoms with Crippen molar-refractivity contribution < 1.29 is 31.1 Å². The summed E-state index contributed by atoms with van der Waals surface area (Å²) in [4.78, 5) is 12.4. The fraction of sp³-hybridized carbons (Fsp3) is 0.500. The van der Waals surface area contributed by atoms with Gasteiger partial charge in [0.2, 0.25) is 15.9 Å². The van der Waals surface area contributed by atoms with Gasteiger partial charge in [0, 0.05) is 19.3 Å². The molecule has 0 aliphatic carbocycles. The van der Waals surface area contributed by atoms with Crippen molar-refractivity contribution in [3.05, 3.63) is 24.3 Å². The number of alkyl halides is 3. The highest BCUT2D eigenvalue weighted by atomic mass is 32.2. The largest absolute Gasteiger partial charge is 0.573 e. The topological polar surface area (TPSA) is 75.7 Å².